The standard InChI is InChI=1S/C11H16O5/c1-2-3-15-11(14)7-5-9-8(16-9)4-6(7)10(12)13/h6-9H,2-5H2,1H3,(H,12,13). The molecule has 2 aliphatic rings. The van der Waals surface area contributed by atoms with E-state index in [1.165, 1.54) is 0 Å². The number of rotatable bonds is 4. The normalized spacial score (nSPS) is 36.3. The summed E-state index contributed by atoms with van der Waals surface area (Å²) in [6, 6.07) is 0. The summed E-state index contributed by atoms with van der Waals surface area (Å²) < 4.78 is 10.3. The number of esters is 1. The van der Waals surface area contributed by atoms with Crippen molar-refractivity contribution in [1.29, 1.82) is 0 Å². The minimum absolute atomic E-state index is 0.0522. The van der Waals surface area contributed by atoms with Crippen molar-refractivity contribution in [1.82, 2.24) is 0 Å². The number of hydrogen-bond donors (Lipinski definition) is 1. The number of aliphatic carboxylic acids is 1. The monoisotopic (exact) mass is 228 g/mol. The molecule has 1 saturated heterocycles. The minimum atomic E-state index is -0.924. The Labute approximate surface area is 93.7 Å². The predicted molar refractivity (Wildman–Crippen MR) is 53.8 cm³/mol. The van der Waals surface area contributed by atoms with Crippen LogP contribution in [0.25, 0.3) is 0 Å². The molecule has 0 bridgehead atoms. The molecule has 0 aromatic heterocycles. The van der Waals surface area contributed by atoms with E-state index in [2.05, 4.69) is 0 Å². The van der Waals surface area contributed by atoms with Gasteiger partial charge in [0, 0.05) is 0 Å². The van der Waals surface area contributed by atoms with Gasteiger partial charge in [-0.15, -0.1) is 0 Å². The molecular formula is C11H16O5. The van der Waals surface area contributed by atoms with Crippen molar-refractivity contribution in [2.75, 3.05) is 6.61 Å². The van der Waals surface area contributed by atoms with Gasteiger partial charge in [0.05, 0.1) is 30.7 Å². The van der Waals surface area contributed by atoms with Crippen LogP contribution in [0.15, 0.2) is 0 Å². The third-order valence-corrected chi connectivity index (χ3v) is 3.21. The fraction of sp³-hybridized carbons (Fsp3) is 0.818. The van der Waals surface area contributed by atoms with Gasteiger partial charge in [-0.05, 0) is 19.3 Å². The molecule has 0 spiro atoms. The molecule has 0 amide bonds. The molecule has 0 aromatic rings. The topological polar surface area (TPSA) is 76.1 Å². The minimum Gasteiger partial charge on any atom is -0.481 e. The van der Waals surface area contributed by atoms with Gasteiger partial charge in [-0.3, -0.25) is 9.59 Å². The lowest BCUT2D eigenvalue weighted by atomic mass is 9.79. The fourth-order valence-corrected chi connectivity index (χ4v) is 2.27. The van der Waals surface area contributed by atoms with E-state index in [1.54, 1.807) is 0 Å². The molecule has 90 valence electrons. The lowest BCUT2D eigenvalue weighted by molar-refractivity contribution is -0.159. The van der Waals surface area contributed by atoms with Crippen LogP contribution in [0.4, 0.5) is 0 Å². The second-order valence-corrected chi connectivity index (χ2v) is 4.40. The van der Waals surface area contributed by atoms with Crippen LogP contribution in [0.1, 0.15) is 26.2 Å². The summed E-state index contributed by atoms with van der Waals surface area (Å²) in [7, 11) is 0. The molecule has 2 rings (SSSR count). The Morgan fingerprint density at radius 1 is 1.31 bits per heavy atom. The first-order chi connectivity index (χ1) is 7.63. The smallest absolute Gasteiger partial charge is 0.309 e. The number of hydrogen-bond acceptors (Lipinski definition) is 4. The summed E-state index contributed by atoms with van der Waals surface area (Å²) in [6.07, 6.45) is 1.81. The molecule has 1 aliphatic carbocycles. The maximum absolute atomic E-state index is 11.7. The van der Waals surface area contributed by atoms with Gasteiger partial charge in [-0.1, -0.05) is 6.92 Å². The van der Waals surface area contributed by atoms with Crippen LogP contribution in [0.5, 0.6) is 0 Å². The summed E-state index contributed by atoms with van der Waals surface area (Å²) in [6.45, 7) is 2.26. The largest absolute Gasteiger partial charge is 0.481 e. The Hall–Kier alpha value is -1.10. The zero-order valence-electron chi connectivity index (χ0n) is 9.22. The lowest BCUT2D eigenvalue weighted by Gasteiger charge is -2.24. The molecule has 16 heavy (non-hydrogen) atoms. The van der Waals surface area contributed by atoms with E-state index in [9.17, 15) is 9.59 Å². The maximum atomic E-state index is 11.7. The van der Waals surface area contributed by atoms with Crippen LogP contribution < -0.4 is 0 Å². The van der Waals surface area contributed by atoms with Crippen LogP contribution in [-0.2, 0) is 19.1 Å². The summed E-state index contributed by atoms with van der Waals surface area (Å²) in [4.78, 5) is 22.7. The molecular weight excluding hydrogens is 212 g/mol. The van der Waals surface area contributed by atoms with E-state index in [-0.39, 0.29) is 18.2 Å². The highest BCUT2D eigenvalue weighted by atomic mass is 16.6. The molecule has 0 aromatic carbocycles. The van der Waals surface area contributed by atoms with Crippen molar-refractivity contribution in [3.63, 3.8) is 0 Å². The Morgan fingerprint density at radius 3 is 2.50 bits per heavy atom. The summed E-state index contributed by atoms with van der Waals surface area (Å²) in [5.41, 5.74) is 0. The highest BCUT2D eigenvalue weighted by Gasteiger charge is 2.53. The molecule has 4 unspecified atom stereocenters. The average Bonchev–Trinajstić information content (AvgIpc) is 3.01. The van der Waals surface area contributed by atoms with E-state index >= 15 is 0 Å². The van der Waals surface area contributed by atoms with Gasteiger partial charge in [-0.25, -0.2) is 0 Å². The number of carboxylic acids is 1. The summed E-state index contributed by atoms with van der Waals surface area (Å²) >= 11 is 0. The molecule has 0 radical (unpaired) electrons. The number of carbonyl (C=O) groups excluding carboxylic acids is 1. The SMILES string of the molecule is CCCOC(=O)C1CC2OC2CC1C(=O)O. The molecule has 4 atom stereocenters. The zero-order chi connectivity index (χ0) is 11.7. The first kappa shape index (κ1) is 11.4. The first-order valence-electron chi connectivity index (χ1n) is 5.68. The van der Waals surface area contributed by atoms with Gasteiger partial charge >= 0.3 is 11.9 Å². The van der Waals surface area contributed by atoms with Crippen LogP contribution in [0, 0.1) is 11.8 Å². The van der Waals surface area contributed by atoms with Crippen molar-refractivity contribution >= 4 is 11.9 Å². The van der Waals surface area contributed by atoms with Crippen LogP contribution in [-0.4, -0.2) is 35.9 Å². The highest BCUT2D eigenvalue weighted by molar-refractivity contribution is 5.81. The van der Waals surface area contributed by atoms with E-state index in [0.717, 1.165) is 6.42 Å². The quantitative estimate of drug-likeness (QED) is 0.569. The number of ether oxygens (including phenoxy) is 2. The van der Waals surface area contributed by atoms with E-state index < -0.39 is 17.8 Å². The zero-order valence-corrected chi connectivity index (χ0v) is 9.22. The van der Waals surface area contributed by atoms with Crippen molar-refractivity contribution in [2.24, 2.45) is 11.8 Å². The molecule has 1 N–H and O–H groups in total. The predicted octanol–water partition coefficient (Wildman–Crippen LogP) is 0.818. The van der Waals surface area contributed by atoms with Gasteiger partial charge in [0.15, 0.2) is 0 Å². The fourth-order valence-electron chi connectivity index (χ4n) is 2.27. The molecule has 2 fully saturated rings. The molecule has 5 nitrogen and oxygen atoms in total. The van der Waals surface area contributed by atoms with Crippen LogP contribution in [0.2, 0.25) is 0 Å². The molecule has 1 heterocycles. The summed E-state index contributed by atoms with van der Waals surface area (Å²) in [5, 5.41) is 9.06. The number of carbonyl (C=O) groups is 2. The van der Waals surface area contributed by atoms with Crippen molar-refractivity contribution in [2.45, 2.75) is 38.4 Å². The first-order valence-corrected chi connectivity index (χ1v) is 5.68. The maximum Gasteiger partial charge on any atom is 0.309 e. The van der Waals surface area contributed by atoms with E-state index in [4.69, 9.17) is 14.6 Å². The van der Waals surface area contributed by atoms with Crippen molar-refractivity contribution in [3.05, 3.63) is 0 Å². The van der Waals surface area contributed by atoms with E-state index in [0.29, 0.717) is 19.4 Å². The number of carboxylic acid groups (broad SMARTS) is 1. The molecule has 5 heteroatoms. The number of epoxide rings is 1. The Kier molecular flexibility index (Phi) is 3.14. The lowest BCUT2D eigenvalue weighted by Crippen LogP contribution is -2.36. The number of fused-ring (bicyclic) bond motifs is 1. The molecule has 1 aliphatic heterocycles. The van der Waals surface area contributed by atoms with Crippen LogP contribution in [0.3, 0.4) is 0 Å². The van der Waals surface area contributed by atoms with Gasteiger partial charge in [0.25, 0.3) is 0 Å². The van der Waals surface area contributed by atoms with Gasteiger partial charge in [0.1, 0.15) is 0 Å². The Balaban J connectivity index is 1.98. The van der Waals surface area contributed by atoms with Crippen molar-refractivity contribution in [3.8, 4) is 0 Å². The van der Waals surface area contributed by atoms with Gasteiger partial charge < -0.3 is 14.6 Å². The second-order valence-electron chi connectivity index (χ2n) is 4.40. The third-order valence-electron chi connectivity index (χ3n) is 3.21. The Morgan fingerprint density at radius 2 is 1.94 bits per heavy atom. The van der Waals surface area contributed by atoms with Gasteiger partial charge in [0.2, 0.25) is 0 Å². The Bertz CT molecular complexity index is 301. The highest BCUT2D eigenvalue weighted by Crippen LogP contribution is 2.43. The van der Waals surface area contributed by atoms with E-state index in [1.807, 2.05) is 6.92 Å². The third kappa shape index (κ3) is 2.19. The van der Waals surface area contributed by atoms with Crippen molar-refractivity contribution < 1.29 is 24.2 Å². The molecule has 1 saturated carbocycles. The summed E-state index contributed by atoms with van der Waals surface area (Å²) in [5.74, 6) is -2.49. The second kappa shape index (κ2) is 4.41. The average molecular weight is 228 g/mol. The van der Waals surface area contributed by atoms with Crippen LogP contribution >= 0.6 is 0 Å². The van der Waals surface area contributed by atoms with Gasteiger partial charge in [-0.2, -0.15) is 0 Å².